The molecule has 1 heterocycles. The standard InChI is InChI=1S/C18H22N4O2/c1-13-4-3-5-16(12-13)17(23)20-10-11-21-18(24)22-14(2)15-6-8-19-9-7-15/h3-9,12,14H,10-11H2,1-2H3,(H,20,23)(H2,21,22,24)/t14-/m0/s1. The molecule has 126 valence electrons. The summed E-state index contributed by atoms with van der Waals surface area (Å²) in [7, 11) is 0. The van der Waals surface area contributed by atoms with E-state index >= 15 is 0 Å². The summed E-state index contributed by atoms with van der Waals surface area (Å²) in [5, 5.41) is 8.33. The Hall–Kier alpha value is -2.89. The molecule has 6 heteroatoms. The van der Waals surface area contributed by atoms with Crippen LogP contribution in [-0.2, 0) is 0 Å². The van der Waals surface area contributed by atoms with Crippen LogP contribution in [0.4, 0.5) is 4.79 Å². The molecular weight excluding hydrogens is 304 g/mol. The van der Waals surface area contributed by atoms with Gasteiger partial charge in [-0.1, -0.05) is 17.7 Å². The van der Waals surface area contributed by atoms with Crippen LogP contribution in [0.25, 0.3) is 0 Å². The number of aryl methyl sites for hydroxylation is 1. The minimum atomic E-state index is -0.274. The summed E-state index contributed by atoms with van der Waals surface area (Å²) >= 11 is 0. The molecule has 3 N–H and O–H groups in total. The van der Waals surface area contributed by atoms with E-state index in [1.807, 2.05) is 44.2 Å². The van der Waals surface area contributed by atoms with Gasteiger partial charge in [-0.3, -0.25) is 9.78 Å². The fourth-order valence-corrected chi connectivity index (χ4v) is 2.22. The number of rotatable bonds is 6. The highest BCUT2D eigenvalue weighted by atomic mass is 16.2. The van der Waals surface area contributed by atoms with Gasteiger partial charge in [0.1, 0.15) is 0 Å². The van der Waals surface area contributed by atoms with Crippen molar-refractivity contribution in [3.8, 4) is 0 Å². The van der Waals surface area contributed by atoms with Crippen molar-refractivity contribution in [3.05, 3.63) is 65.5 Å². The van der Waals surface area contributed by atoms with Crippen LogP contribution in [0.15, 0.2) is 48.8 Å². The molecule has 2 aromatic rings. The summed E-state index contributed by atoms with van der Waals surface area (Å²) in [4.78, 5) is 27.7. The lowest BCUT2D eigenvalue weighted by Gasteiger charge is -2.15. The first-order valence-corrected chi connectivity index (χ1v) is 7.85. The second-order valence-electron chi connectivity index (χ2n) is 5.53. The molecule has 0 unspecified atom stereocenters. The van der Waals surface area contributed by atoms with Crippen LogP contribution >= 0.6 is 0 Å². The van der Waals surface area contributed by atoms with Crippen molar-refractivity contribution in [2.75, 3.05) is 13.1 Å². The number of carbonyl (C=O) groups is 2. The van der Waals surface area contributed by atoms with Gasteiger partial charge < -0.3 is 16.0 Å². The van der Waals surface area contributed by atoms with E-state index in [0.717, 1.165) is 11.1 Å². The van der Waals surface area contributed by atoms with E-state index < -0.39 is 0 Å². The van der Waals surface area contributed by atoms with Gasteiger partial charge in [0.15, 0.2) is 0 Å². The maximum atomic E-state index is 12.0. The maximum absolute atomic E-state index is 12.0. The molecular formula is C18H22N4O2. The summed E-state index contributed by atoms with van der Waals surface area (Å²) in [6.45, 7) is 4.55. The van der Waals surface area contributed by atoms with Crippen LogP contribution in [0.2, 0.25) is 0 Å². The molecule has 0 saturated heterocycles. The van der Waals surface area contributed by atoms with Crippen molar-refractivity contribution in [2.24, 2.45) is 0 Å². The first-order valence-electron chi connectivity index (χ1n) is 7.85. The average molecular weight is 326 g/mol. The van der Waals surface area contributed by atoms with Crippen molar-refractivity contribution in [1.29, 1.82) is 0 Å². The monoisotopic (exact) mass is 326 g/mol. The Morgan fingerprint density at radius 2 is 1.79 bits per heavy atom. The van der Waals surface area contributed by atoms with E-state index in [-0.39, 0.29) is 18.0 Å². The highest BCUT2D eigenvalue weighted by molar-refractivity contribution is 5.94. The van der Waals surface area contributed by atoms with Gasteiger partial charge in [0, 0.05) is 31.0 Å². The molecule has 1 aromatic carbocycles. The number of pyridine rings is 1. The predicted molar refractivity (Wildman–Crippen MR) is 92.7 cm³/mol. The molecule has 0 aliphatic carbocycles. The number of urea groups is 1. The molecule has 1 atom stereocenters. The molecule has 6 nitrogen and oxygen atoms in total. The molecule has 0 radical (unpaired) electrons. The van der Waals surface area contributed by atoms with Gasteiger partial charge in [-0.15, -0.1) is 0 Å². The zero-order valence-electron chi connectivity index (χ0n) is 13.9. The van der Waals surface area contributed by atoms with Crippen LogP contribution < -0.4 is 16.0 Å². The van der Waals surface area contributed by atoms with Crippen LogP contribution in [0.1, 0.15) is 34.5 Å². The molecule has 0 aliphatic rings. The molecule has 0 saturated carbocycles. The van der Waals surface area contributed by atoms with Crippen molar-refractivity contribution >= 4 is 11.9 Å². The van der Waals surface area contributed by atoms with Crippen molar-refractivity contribution in [3.63, 3.8) is 0 Å². The number of benzene rings is 1. The summed E-state index contributed by atoms with van der Waals surface area (Å²) in [6.07, 6.45) is 3.37. The van der Waals surface area contributed by atoms with E-state index in [4.69, 9.17) is 0 Å². The molecule has 2 rings (SSSR count). The summed E-state index contributed by atoms with van der Waals surface area (Å²) in [5.74, 6) is -0.147. The normalized spacial score (nSPS) is 11.4. The van der Waals surface area contributed by atoms with Crippen molar-refractivity contribution < 1.29 is 9.59 Å². The Balaban J connectivity index is 1.68. The average Bonchev–Trinajstić information content (AvgIpc) is 2.59. The second kappa shape index (κ2) is 8.67. The van der Waals surface area contributed by atoms with Gasteiger partial charge in [0.05, 0.1) is 6.04 Å². The fourth-order valence-electron chi connectivity index (χ4n) is 2.22. The maximum Gasteiger partial charge on any atom is 0.315 e. The lowest BCUT2D eigenvalue weighted by molar-refractivity contribution is 0.0953. The predicted octanol–water partition coefficient (Wildman–Crippen LogP) is 2.18. The molecule has 3 amide bonds. The van der Waals surface area contributed by atoms with Crippen molar-refractivity contribution in [1.82, 2.24) is 20.9 Å². The number of hydrogen-bond donors (Lipinski definition) is 3. The Bertz CT molecular complexity index is 688. The SMILES string of the molecule is Cc1cccc(C(=O)NCCNC(=O)N[C@@H](C)c2ccncc2)c1. The fraction of sp³-hybridized carbons (Fsp3) is 0.278. The van der Waals surface area contributed by atoms with Crippen LogP contribution in [0, 0.1) is 6.92 Å². The zero-order valence-corrected chi connectivity index (χ0v) is 13.9. The highest BCUT2D eigenvalue weighted by Crippen LogP contribution is 2.09. The van der Waals surface area contributed by atoms with E-state index in [1.165, 1.54) is 0 Å². The number of nitrogens with one attached hydrogen (secondary N) is 3. The van der Waals surface area contributed by atoms with Crippen LogP contribution in [0.5, 0.6) is 0 Å². The van der Waals surface area contributed by atoms with Gasteiger partial charge in [-0.2, -0.15) is 0 Å². The van der Waals surface area contributed by atoms with E-state index in [9.17, 15) is 9.59 Å². The first kappa shape index (κ1) is 17.5. The third-order valence-corrected chi connectivity index (χ3v) is 3.53. The van der Waals surface area contributed by atoms with Crippen LogP contribution in [-0.4, -0.2) is 30.0 Å². The van der Waals surface area contributed by atoms with E-state index in [0.29, 0.717) is 18.7 Å². The molecule has 0 fully saturated rings. The Morgan fingerprint density at radius 3 is 2.50 bits per heavy atom. The van der Waals surface area contributed by atoms with Gasteiger partial charge in [0.2, 0.25) is 0 Å². The minimum Gasteiger partial charge on any atom is -0.350 e. The number of hydrogen-bond acceptors (Lipinski definition) is 3. The van der Waals surface area contributed by atoms with E-state index in [1.54, 1.807) is 18.5 Å². The van der Waals surface area contributed by atoms with Gasteiger partial charge in [-0.25, -0.2) is 4.79 Å². The Labute approximate surface area is 141 Å². The van der Waals surface area contributed by atoms with Gasteiger partial charge in [-0.05, 0) is 43.7 Å². The van der Waals surface area contributed by atoms with Crippen molar-refractivity contribution in [2.45, 2.75) is 19.9 Å². The highest BCUT2D eigenvalue weighted by Gasteiger charge is 2.09. The topological polar surface area (TPSA) is 83.1 Å². The van der Waals surface area contributed by atoms with Crippen LogP contribution in [0.3, 0.4) is 0 Å². The summed E-state index contributed by atoms with van der Waals surface area (Å²) < 4.78 is 0. The Kier molecular flexibility index (Phi) is 6.31. The molecule has 0 spiro atoms. The lowest BCUT2D eigenvalue weighted by atomic mass is 10.1. The zero-order chi connectivity index (χ0) is 17.4. The van der Waals surface area contributed by atoms with E-state index in [2.05, 4.69) is 20.9 Å². The minimum absolute atomic E-state index is 0.116. The smallest absolute Gasteiger partial charge is 0.315 e. The molecule has 24 heavy (non-hydrogen) atoms. The summed E-state index contributed by atoms with van der Waals surface area (Å²) in [5.41, 5.74) is 2.63. The second-order valence-corrected chi connectivity index (χ2v) is 5.53. The third kappa shape index (κ3) is 5.39. The third-order valence-electron chi connectivity index (χ3n) is 3.53. The van der Waals surface area contributed by atoms with Gasteiger partial charge in [0.25, 0.3) is 5.91 Å². The summed E-state index contributed by atoms with van der Waals surface area (Å²) in [6, 6.07) is 10.7. The number of carbonyl (C=O) groups excluding carboxylic acids is 2. The quantitative estimate of drug-likeness (QED) is 0.712. The van der Waals surface area contributed by atoms with Gasteiger partial charge >= 0.3 is 6.03 Å². The first-order chi connectivity index (χ1) is 11.6. The Morgan fingerprint density at radius 1 is 1.08 bits per heavy atom. The molecule has 0 bridgehead atoms. The molecule has 0 aliphatic heterocycles. The largest absolute Gasteiger partial charge is 0.350 e. The molecule has 1 aromatic heterocycles. The number of amides is 3. The number of nitrogens with zero attached hydrogens (tertiary/aromatic N) is 1. The lowest BCUT2D eigenvalue weighted by Crippen LogP contribution is -2.41. The number of aromatic nitrogens is 1.